The van der Waals surface area contributed by atoms with Crippen LogP contribution >= 0.6 is 0 Å². The third-order valence-electron chi connectivity index (χ3n) is 2.43. The molecule has 88 valence electrons. The fourth-order valence-corrected chi connectivity index (χ4v) is 1.27. The van der Waals surface area contributed by atoms with E-state index in [1.165, 1.54) is 6.08 Å². The Morgan fingerprint density at radius 3 is 2.61 bits per heavy atom. The smallest absolute Gasteiger partial charge is 0.344 e. The summed E-state index contributed by atoms with van der Waals surface area (Å²) < 4.78 is 0. The van der Waals surface area contributed by atoms with Gasteiger partial charge in [0, 0.05) is 17.6 Å². The molecule has 1 aliphatic rings. The van der Waals surface area contributed by atoms with E-state index in [1.54, 1.807) is 0 Å². The first kappa shape index (κ1) is 12.0. The molecule has 1 aromatic carbocycles. The molecule has 18 heavy (non-hydrogen) atoms. The summed E-state index contributed by atoms with van der Waals surface area (Å²) in [6, 6.07) is 9.28. The molecule has 0 heterocycles. The highest BCUT2D eigenvalue weighted by Crippen LogP contribution is 2.27. The highest BCUT2D eigenvalue weighted by atomic mass is 16.4. The molecule has 0 aliphatic heterocycles. The maximum Gasteiger partial charge on any atom is 0.344 e. The van der Waals surface area contributed by atoms with Crippen molar-refractivity contribution >= 4 is 5.97 Å². The van der Waals surface area contributed by atoms with E-state index in [1.807, 2.05) is 30.3 Å². The van der Waals surface area contributed by atoms with Gasteiger partial charge in [-0.25, -0.2) is 4.79 Å². The molecule has 1 aliphatic carbocycles. The van der Waals surface area contributed by atoms with Crippen LogP contribution in [0.1, 0.15) is 18.4 Å². The number of allylic oxidation sites excluding steroid dienone is 1. The summed E-state index contributed by atoms with van der Waals surface area (Å²) in [5, 5.41) is 8.99. The third kappa shape index (κ3) is 3.85. The molecule has 0 atom stereocenters. The minimum atomic E-state index is -1.04. The highest BCUT2D eigenvalue weighted by Gasteiger charge is 2.17. The Labute approximate surface area is 106 Å². The molecular weight excluding hydrogens is 224 g/mol. The molecule has 2 rings (SSSR count). The second-order valence-electron chi connectivity index (χ2n) is 4.04. The summed E-state index contributed by atoms with van der Waals surface area (Å²) in [6.07, 6.45) is 3.63. The Balaban J connectivity index is 2.14. The van der Waals surface area contributed by atoms with Crippen LogP contribution in [0.2, 0.25) is 0 Å². The van der Waals surface area contributed by atoms with Crippen LogP contribution in [0, 0.1) is 29.6 Å². The van der Waals surface area contributed by atoms with E-state index in [2.05, 4.69) is 23.7 Å². The number of carboxylic acids is 1. The van der Waals surface area contributed by atoms with Gasteiger partial charge < -0.3 is 5.11 Å². The lowest BCUT2D eigenvalue weighted by Crippen LogP contribution is -1.97. The van der Waals surface area contributed by atoms with Gasteiger partial charge in [0.2, 0.25) is 0 Å². The first-order chi connectivity index (χ1) is 8.75. The fourth-order valence-electron chi connectivity index (χ4n) is 1.27. The first-order valence-electron chi connectivity index (χ1n) is 5.77. The molecule has 0 amide bonds. The van der Waals surface area contributed by atoms with Crippen LogP contribution in [-0.2, 0) is 4.79 Å². The highest BCUT2D eigenvalue weighted by molar-refractivity contribution is 5.92. The van der Waals surface area contributed by atoms with Crippen LogP contribution in [-0.4, -0.2) is 11.1 Å². The fraction of sp³-hybridized carbons (Fsp3) is 0.188. The van der Waals surface area contributed by atoms with Crippen molar-refractivity contribution in [1.29, 1.82) is 0 Å². The summed E-state index contributed by atoms with van der Waals surface area (Å²) >= 11 is 0. The molecule has 0 spiro atoms. The molecule has 1 fully saturated rings. The molecule has 0 radical (unpaired) electrons. The largest absolute Gasteiger partial charge is 0.477 e. The molecule has 2 nitrogen and oxygen atoms in total. The summed E-state index contributed by atoms with van der Waals surface area (Å²) in [4.78, 5) is 11.0. The number of hydrogen-bond acceptors (Lipinski definition) is 1. The van der Waals surface area contributed by atoms with E-state index in [9.17, 15) is 4.79 Å². The lowest BCUT2D eigenvalue weighted by atomic mass is 10.2. The predicted octanol–water partition coefficient (Wildman–Crippen LogP) is 2.46. The zero-order valence-electron chi connectivity index (χ0n) is 9.81. The van der Waals surface area contributed by atoms with Crippen LogP contribution in [0.15, 0.2) is 42.0 Å². The van der Waals surface area contributed by atoms with Crippen molar-refractivity contribution in [1.82, 2.24) is 0 Å². The summed E-state index contributed by atoms with van der Waals surface area (Å²) in [5.74, 6) is 10.6. The van der Waals surface area contributed by atoms with Gasteiger partial charge in [-0.1, -0.05) is 41.9 Å². The van der Waals surface area contributed by atoms with Crippen LogP contribution in [0.25, 0.3) is 0 Å². The van der Waals surface area contributed by atoms with Gasteiger partial charge in [-0.3, -0.25) is 0 Å². The van der Waals surface area contributed by atoms with Gasteiger partial charge >= 0.3 is 5.97 Å². The Bertz CT molecular complexity index is 585. The van der Waals surface area contributed by atoms with E-state index in [0.29, 0.717) is 5.92 Å². The van der Waals surface area contributed by atoms with E-state index >= 15 is 0 Å². The molecule has 0 aromatic heterocycles. The molecule has 1 N–H and O–H groups in total. The predicted molar refractivity (Wildman–Crippen MR) is 69.5 cm³/mol. The van der Waals surface area contributed by atoms with Crippen molar-refractivity contribution in [3.05, 3.63) is 47.5 Å². The second kappa shape index (κ2) is 5.75. The van der Waals surface area contributed by atoms with Crippen molar-refractivity contribution in [2.45, 2.75) is 12.8 Å². The minimum Gasteiger partial charge on any atom is -0.477 e. The average Bonchev–Trinajstić information content (AvgIpc) is 3.18. The van der Waals surface area contributed by atoms with Crippen molar-refractivity contribution < 1.29 is 9.90 Å². The van der Waals surface area contributed by atoms with Crippen molar-refractivity contribution in [2.24, 2.45) is 5.92 Å². The van der Waals surface area contributed by atoms with Crippen LogP contribution in [0.5, 0.6) is 0 Å². The SMILES string of the molecule is O=C(O)/C(C#Cc1ccccc1)=C/C#CC1CC1. The average molecular weight is 236 g/mol. The zero-order valence-corrected chi connectivity index (χ0v) is 9.81. The number of carboxylic acid groups (broad SMARTS) is 1. The Morgan fingerprint density at radius 1 is 1.28 bits per heavy atom. The van der Waals surface area contributed by atoms with Gasteiger partial charge in [0.1, 0.15) is 5.57 Å². The molecular formula is C16H12O2. The molecule has 1 aromatic rings. The summed E-state index contributed by atoms with van der Waals surface area (Å²) in [7, 11) is 0. The Morgan fingerprint density at radius 2 is 2.00 bits per heavy atom. The van der Waals surface area contributed by atoms with Gasteiger partial charge in [-0.2, -0.15) is 0 Å². The van der Waals surface area contributed by atoms with E-state index < -0.39 is 5.97 Å². The number of aliphatic carboxylic acids is 1. The maximum absolute atomic E-state index is 11.0. The molecule has 0 bridgehead atoms. The lowest BCUT2D eigenvalue weighted by molar-refractivity contribution is -0.132. The van der Waals surface area contributed by atoms with E-state index in [-0.39, 0.29) is 5.57 Å². The number of hydrogen-bond donors (Lipinski definition) is 1. The summed E-state index contributed by atoms with van der Waals surface area (Å²) in [5.41, 5.74) is 0.826. The van der Waals surface area contributed by atoms with Crippen LogP contribution in [0.3, 0.4) is 0 Å². The van der Waals surface area contributed by atoms with Crippen molar-refractivity contribution in [2.75, 3.05) is 0 Å². The lowest BCUT2D eigenvalue weighted by Gasteiger charge is -1.89. The topological polar surface area (TPSA) is 37.3 Å². The van der Waals surface area contributed by atoms with Gasteiger partial charge in [-0.15, -0.1) is 0 Å². The number of benzene rings is 1. The second-order valence-corrected chi connectivity index (χ2v) is 4.04. The standard InChI is InChI=1S/C16H12O2/c17-16(18)15(8-4-7-14-9-10-14)12-11-13-5-2-1-3-6-13/h1-3,5-6,8,14H,9-10H2,(H,17,18)/b15-8+. The Hall–Kier alpha value is -2.45. The summed E-state index contributed by atoms with van der Waals surface area (Å²) in [6.45, 7) is 0. The number of carbonyl (C=O) groups is 1. The molecule has 0 unspecified atom stereocenters. The van der Waals surface area contributed by atoms with Crippen molar-refractivity contribution in [3.8, 4) is 23.7 Å². The quantitative estimate of drug-likeness (QED) is 0.600. The third-order valence-corrected chi connectivity index (χ3v) is 2.43. The van der Waals surface area contributed by atoms with Crippen LogP contribution < -0.4 is 0 Å². The Kier molecular flexibility index (Phi) is 3.84. The van der Waals surface area contributed by atoms with E-state index in [0.717, 1.165) is 18.4 Å². The monoisotopic (exact) mass is 236 g/mol. The van der Waals surface area contributed by atoms with Gasteiger partial charge in [0.15, 0.2) is 0 Å². The molecule has 1 saturated carbocycles. The van der Waals surface area contributed by atoms with Crippen LogP contribution in [0.4, 0.5) is 0 Å². The normalized spacial score (nSPS) is 13.9. The maximum atomic E-state index is 11.0. The van der Waals surface area contributed by atoms with Gasteiger partial charge in [0.25, 0.3) is 0 Å². The molecule has 2 heteroatoms. The minimum absolute atomic E-state index is 0.0343. The molecule has 0 saturated heterocycles. The van der Waals surface area contributed by atoms with Gasteiger partial charge in [-0.05, 0) is 25.0 Å². The van der Waals surface area contributed by atoms with Gasteiger partial charge in [0.05, 0.1) is 0 Å². The van der Waals surface area contributed by atoms with Crippen molar-refractivity contribution in [3.63, 3.8) is 0 Å². The van der Waals surface area contributed by atoms with E-state index in [4.69, 9.17) is 5.11 Å². The first-order valence-corrected chi connectivity index (χ1v) is 5.77. The number of rotatable bonds is 1. The zero-order chi connectivity index (χ0) is 12.8.